The highest BCUT2D eigenvalue weighted by Gasteiger charge is 2.12. The van der Waals surface area contributed by atoms with Crippen LogP contribution in [0.1, 0.15) is 0 Å². The van der Waals surface area contributed by atoms with Gasteiger partial charge in [0.2, 0.25) is 0 Å². The molecule has 2 aromatic rings. The van der Waals surface area contributed by atoms with Gasteiger partial charge < -0.3 is 9.47 Å². The van der Waals surface area contributed by atoms with Crippen LogP contribution in [0.25, 0.3) is 5.69 Å². The van der Waals surface area contributed by atoms with Gasteiger partial charge >= 0.3 is 0 Å². The van der Waals surface area contributed by atoms with E-state index in [2.05, 4.69) is 10.2 Å². The molecule has 1 heterocycles. The van der Waals surface area contributed by atoms with Gasteiger partial charge in [-0.2, -0.15) is 0 Å². The Morgan fingerprint density at radius 2 is 1.47 bits per heavy atom. The van der Waals surface area contributed by atoms with Gasteiger partial charge in [0, 0.05) is 0 Å². The van der Waals surface area contributed by atoms with Gasteiger partial charge in [-0.3, -0.25) is 0 Å². The van der Waals surface area contributed by atoms with E-state index in [0.717, 1.165) is 5.69 Å². The third-order valence-electron chi connectivity index (χ3n) is 1.93. The molecule has 0 aliphatic rings. The number of hydrogen-bond acceptors (Lipinski definition) is 4. The second kappa shape index (κ2) is 4.00. The zero-order valence-electron chi connectivity index (χ0n) is 8.54. The number of nitrogens with zero attached hydrogens (tertiary/aromatic N) is 3. The number of aromatic nitrogens is 3. The van der Waals surface area contributed by atoms with Crippen molar-refractivity contribution in [1.29, 1.82) is 0 Å². The molecule has 0 bridgehead atoms. The van der Waals surface area contributed by atoms with Gasteiger partial charge in [-0.05, 0) is 12.1 Å². The van der Waals surface area contributed by atoms with Crippen molar-refractivity contribution >= 4 is 0 Å². The fraction of sp³-hybridized carbons (Fsp3) is 0.200. The first-order chi connectivity index (χ1) is 7.35. The van der Waals surface area contributed by atoms with E-state index < -0.39 is 0 Å². The fourth-order valence-electron chi connectivity index (χ4n) is 1.21. The maximum Gasteiger partial charge on any atom is 0.298 e. The minimum Gasteiger partial charge on any atom is -0.476 e. The first kappa shape index (κ1) is 9.51. The van der Waals surface area contributed by atoms with Crippen LogP contribution in [0.2, 0.25) is 0 Å². The second-order valence-electron chi connectivity index (χ2n) is 2.84. The molecule has 0 aliphatic carbocycles. The van der Waals surface area contributed by atoms with E-state index in [1.807, 2.05) is 30.3 Å². The van der Waals surface area contributed by atoms with Crippen LogP contribution < -0.4 is 9.47 Å². The van der Waals surface area contributed by atoms with Crippen molar-refractivity contribution < 1.29 is 9.47 Å². The van der Waals surface area contributed by atoms with Gasteiger partial charge in [-0.25, -0.2) is 0 Å². The standard InChI is InChI=1S/C10H11N3O2/c1-14-9-10(15-2)12-13(11-9)8-6-4-3-5-7-8/h3-7H,1-2H3. The maximum atomic E-state index is 5.02. The largest absolute Gasteiger partial charge is 0.476 e. The summed E-state index contributed by atoms with van der Waals surface area (Å²) in [5.74, 6) is 0.753. The number of para-hydroxylation sites is 1. The van der Waals surface area contributed by atoms with Crippen molar-refractivity contribution in [3.05, 3.63) is 30.3 Å². The Morgan fingerprint density at radius 1 is 0.933 bits per heavy atom. The Bertz CT molecular complexity index is 418. The molecule has 2 rings (SSSR count). The minimum atomic E-state index is 0.376. The molecule has 0 saturated carbocycles. The fourth-order valence-corrected chi connectivity index (χ4v) is 1.21. The van der Waals surface area contributed by atoms with Crippen LogP contribution in [-0.4, -0.2) is 29.2 Å². The zero-order valence-corrected chi connectivity index (χ0v) is 8.54. The van der Waals surface area contributed by atoms with Crippen molar-refractivity contribution in [3.8, 4) is 17.4 Å². The Balaban J connectivity index is 2.42. The topological polar surface area (TPSA) is 49.2 Å². The summed E-state index contributed by atoms with van der Waals surface area (Å²) in [5.41, 5.74) is 0.860. The molecular weight excluding hydrogens is 194 g/mol. The molecule has 0 spiro atoms. The summed E-state index contributed by atoms with van der Waals surface area (Å²) in [6.45, 7) is 0. The number of rotatable bonds is 3. The predicted octanol–water partition coefficient (Wildman–Crippen LogP) is 1.28. The number of benzene rings is 1. The van der Waals surface area contributed by atoms with Gasteiger partial charge in [0.15, 0.2) is 0 Å². The van der Waals surface area contributed by atoms with E-state index in [0.29, 0.717) is 11.8 Å². The molecule has 5 heteroatoms. The lowest BCUT2D eigenvalue weighted by molar-refractivity contribution is 0.340. The lowest BCUT2D eigenvalue weighted by Crippen LogP contribution is -1.98. The summed E-state index contributed by atoms with van der Waals surface area (Å²) >= 11 is 0. The molecular formula is C10H11N3O2. The van der Waals surface area contributed by atoms with Gasteiger partial charge in [0.1, 0.15) is 0 Å². The highest BCUT2D eigenvalue weighted by Crippen LogP contribution is 2.21. The zero-order chi connectivity index (χ0) is 10.7. The molecule has 0 atom stereocenters. The minimum absolute atomic E-state index is 0.376. The molecule has 0 radical (unpaired) electrons. The van der Waals surface area contributed by atoms with Gasteiger partial charge in [0.05, 0.1) is 19.9 Å². The highest BCUT2D eigenvalue weighted by atomic mass is 16.5. The summed E-state index contributed by atoms with van der Waals surface area (Å²) in [4.78, 5) is 1.47. The van der Waals surface area contributed by atoms with Gasteiger partial charge in [-0.15, -0.1) is 15.0 Å². The third kappa shape index (κ3) is 1.76. The van der Waals surface area contributed by atoms with Crippen LogP contribution in [-0.2, 0) is 0 Å². The first-order valence-electron chi connectivity index (χ1n) is 4.46. The van der Waals surface area contributed by atoms with Crippen LogP contribution >= 0.6 is 0 Å². The van der Waals surface area contributed by atoms with E-state index in [-0.39, 0.29) is 0 Å². The van der Waals surface area contributed by atoms with Gasteiger partial charge in [0.25, 0.3) is 11.8 Å². The van der Waals surface area contributed by atoms with Crippen LogP contribution in [0.4, 0.5) is 0 Å². The second-order valence-corrected chi connectivity index (χ2v) is 2.84. The van der Waals surface area contributed by atoms with E-state index >= 15 is 0 Å². The molecule has 0 unspecified atom stereocenters. The van der Waals surface area contributed by atoms with Crippen molar-refractivity contribution in [2.45, 2.75) is 0 Å². The summed E-state index contributed by atoms with van der Waals surface area (Å²) in [6, 6.07) is 9.56. The van der Waals surface area contributed by atoms with E-state index in [1.54, 1.807) is 0 Å². The van der Waals surface area contributed by atoms with Crippen LogP contribution in [0.3, 0.4) is 0 Å². The molecule has 0 N–H and O–H groups in total. The number of hydrogen-bond donors (Lipinski definition) is 0. The molecule has 5 nitrogen and oxygen atoms in total. The highest BCUT2D eigenvalue weighted by molar-refractivity contribution is 5.32. The molecule has 0 aliphatic heterocycles. The first-order valence-corrected chi connectivity index (χ1v) is 4.46. The van der Waals surface area contributed by atoms with E-state index in [4.69, 9.17) is 9.47 Å². The van der Waals surface area contributed by atoms with Crippen molar-refractivity contribution in [2.75, 3.05) is 14.2 Å². The molecule has 78 valence electrons. The SMILES string of the molecule is COc1nn(-c2ccccc2)nc1OC. The lowest BCUT2D eigenvalue weighted by atomic mass is 10.3. The monoisotopic (exact) mass is 205 g/mol. The summed E-state index contributed by atoms with van der Waals surface area (Å²) in [7, 11) is 3.06. The summed E-state index contributed by atoms with van der Waals surface area (Å²) in [5, 5.41) is 8.26. The number of ether oxygens (including phenoxy) is 2. The van der Waals surface area contributed by atoms with Crippen molar-refractivity contribution in [3.63, 3.8) is 0 Å². The third-order valence-corrected chi connectivity index (χ3v) is 1.93. The Kier molecular flexibility index (Phi) is 2.53. The van der Waals surface area contributed by atoms with Crippen molar-refractivity contribution in [2.24, 2.45) is 0 Å². The molecule has 1 aromatic heterocycles. The quantitative estimate of drug-likeness (QED) is 0.757. The molecule has 15 heavy (non-hydrogen) atoms. The molecule has 0 saturated heterocycles. The average molecular weight is 205 g/mol. The molecule has 1 aromatic carbocycles. The Morgan fingerprint density at radius 3 is 1.93 bits per heavy atom. The lowest BCUT2D eigenvalue weighted by Gasteiger charge is -1.96. The average Bonchev–Trinajstić information content (AvgIpc) is 2.73. The number of methoxy groups -OCH3 is 2. The smallest absolute Gasteiger partial charge is 0.298 e. The van der Waals surface area contributed by atoms with Crippen LogP contribution in [0.15, 0.2) is 30.3 Å². The Labute approximate surface area is 87.2 Å². The van der Waals surface area contributed by atoms with E-state index in [9.17, 15) is 0 Å². The normalized spacial score (nSPS) is 10.0. The summed E-state index contributed by atoms with van der Waals surface area (Å²) in [6.07, 6.45) is 0. The van der Waals surface area contributed by atoms with Crippen LogP contribution in [0.5, 0.6) is 11.8 Å². The summed E-state index contributed by atoms with van der Waals surface area (Å²) < 4.78 is 10.0. The van der Waals surface area contributed by atoms with Crippen molar-refractivity contribution in [1.82, 2.24) is 15.0 Å². The van der Waals surface area contributed by atoms with Gasteiger partial charge in [-0.1, -0.05) is 18.2 Å². The molecule has 0 fully saturated rings. The maximum absolute atomic E-state index is 5.02. The van der Waals surface area contributed by atoms with Crippen LogP contribution in [0, 0.1) is 0 Å². The molecule has 0 amide bonds. The Hall–Kier alpha value is -2.04. The van der Waals surface area contributed by atoms with E-state index in [1.165, 1.54) is 19.0 Å². The predicted molar refractivity (Wildman–Crippen MR) is 54.5 cm³/mol.